The van der Waals surface area contributed by atoms with Crippen LogP contribution >= 0.6 is 23.1 Å². The van der Waals surface area contributed by atoms with Gasteiger partial charge in [-0.1, -0.05) is 29.5 Å². The number of nitrogens with zero attached hydrogens (tertiary/aromatic N) is 3. The lowest BCUT2D eigenvalue weighted by Crippen LogP contribution is -2.34. The van der Waals surface area contributed by atoms with Crippen molar-refractivity contribution in [2.24, 2.45) is 5.92 Å². The molecule has 1 saturated heterocycles. The third-order valence-corrected chi connectivity index (χ3v) is 6.58. The normalized spacial score (nSPS) is 16.9. The first kappa shape index (κ1) is 18.0. The Bertz CT molecular complexity index is 984. The van der Waals surface area contributed by atoms with Gasteiger partial charge in [-0.2, -0.15) is 0 Å². The second-order valence-corrected chi connectivity index (χ2v) is 8.36. The number of carbonyl (C=O) groups is 2. The zero-order valence-corrected chi connectivity index (χ0v) is 16.7. The van der Waals surface area contributed by atoms with Gasteiger partial charge in [0, 0.05) is 30.6 Å². The molecule has 1 unspecified atom stereocenters. The summed E-state index contributed by atoms with van der Waals surface area (Å²) >= 11 is 3.12. The minimum absolute atomic E-state index is 0.00990. The average Bonchev–Trinajstić information content (AvgIpc) is 3.30. The molecule has 3 aromatic rings. The predicted molar refractivity (Wildman–Crippen MR) is 112 cm³/mol. The third-order valence-electron chi connectivity index (χ3n) is 4.74. The van der Waals surface area contributed by atoms with E-state index in [-0.39, 0.29) is 24.2 Å². The van der Waals surface area contributed by atoms with Gasteiger partial charge in [-0.15, -0.1) is 11.8 Å². The van der Waals surface area contributed by atoms with Crippen LogP contribution in [0.25, 0.3) is 10.2 Å². The first-order chi connectivity index (χ1) is 13.1. The van der Waals surface area contributed by atoms with Crippen LogP contribution in [0, 0.1) is 5.92 Å². The smallest absolute Gasteiger partial charge is 0.233 e. The van der Waals surface area contributed by atoms with E-state index in [0.29, 0.717) is 11.7 Å². The number of hydrogen-bond acceptors (Lipinski definition) is 5. The van der Waals surface area contributed by atoms with Gasteiger partial charge in [0.05, 0.1) is 16.1 Å². The predicted octanol–water partition coefficient (Wildman–Crippen LogP) is 4.03. The van der Waals surface area contributed by atoms with Gasteiger partial charge >= 0.3 is 0 Å². The van der Waals surface area contributed by atoms with E-state index < -0.39 is 0 Å². The summed E-state index contributed by atoms with van der Waals surface area (Å²) in [5.41, 5.74) is 1.74. The standard InChI is InChI=1S/C20H19N3O2S2/c1-22(20-21-16-8-3-4-9-17(16)27-20)19(25)13-10-18(24)23(12-13)14-6-5-7-15(11-14)26-2/h3-9,11,13H,10,12H2,1-2H3. The van der Waals surface area contributed by atoms with Crippen LogP contribution < -0.4 is 9.80 Å². The zero-order chi connectivity index (χ0) is 19.0. The molecule has 2 aromatic carbocycles. The Labute approximate surface area is 166 Å². The van der Waals surface area contributed by atoms with Crippen LogP contribution in [-0.4, -0.2) is 36.6 Å². The van der Waals surface area contributed by atoms with E-state index in [1.54, 1.807) is 28.6 Å². The number of amides is 2. The summed E-state index contributed by atoms with van der Waals surface area (Å²) in [6, 6.07) is 15.7. The molecule has 5 nitrogen and oxygen atoms in total. The highest BCUT2D eigenvalue weighted by atomic mass is 32.2. The highest BCUT2D eigenvalue weighted by molar-refractivity contribution is 7.98. The number of fused-ring (bicyclic) bond motifs is 1. The SMILES string of the molecule is CSc1cccc(N2CC(C(=O)N(C)c3nc4ccccc4s3)CC2=O)c1. The van der Waals surface area contributed by atoms with Gasteiger partial charge in [0.25, 0.3) is 0 Å². The van der Waals surface area contributed by atoms with E-state index in [1.807, 2.05) is 54.8 Å². The molecule has 4 rings (SSSR count). The number of thiazole rings is 1. The third kappa shape index (κ3) is 3.44. The highest BCUT2D eigenvalue weighted by Gasteiger charge is 2.37. The van der Waals surface area contributed by atoms with E-state index in [2.05, 4.69) is 4.98 Å². The van der Waals surface area contributed by atoms with Crippen molar-refractivity contribution in [2.45, 2.75) is 11.3 Å². The van der Waals surface area contributed by atoms with Gasteiger partial charge in [-0.25, -0.2) is 4.98 Å². The molecule has 2 amide bonds. The molecule has 2 heterocycles. The lowest BCUT2D eigenvalue weighted by Gasteiger charge is -2.20. The molecule has 1 aromatic heterocycles. The molecule has 1 aliphatic rings. The maximum Gasteiger partial charge on any atom is 0.233 e. The number of hydrogen-bond donors (Lipinski definition) is 0. The zero-order valence-electron chi connectivity index (χ0n) is 15.1. The van der Waals surface area contributed by atoms with Gasteiger partial charge in [0.1, 0.15) is 0 Å². The van der Waals surface area contributed by atoms with Crippen molar-refractivity contribution in [3.63, 3.8) is 0 Å². The van der Waals surface area contributed by atoms with Crippen molar-refractivity contribution >= 4 is 55.9 Å². The van der Waals surface area contributed by atoms with Gasteiger partial charge in [0.2, 0.25) is 11.8 Å². The number of benzene rings is 2. The second kappa shape index (κ2) is 7.32. The van der Waals surface area contributed by atoms with Crippen LogP contribution in [0.4, 0.5) is 10.8 Å². The van der Waals surface area contributed by atoms with Gasteiger partial charge in [-0.05, 0) is 36.6 Å². The number of anilines is 2. The maximum atomic E-state index is 13.0. The van der Waals surface area contributed by atoms with Crippen LogP contribution in [0.2, 0.25) is 0 Å². The Hall–Kier alpha value is -2.38. The fourth-order valence-corrected chi connectivity index (χ4v) is 4.66. The summed E-state index contributed by atoms with van der Waals surface area (Å²) in [6.07, 6.45) is 2.24. The molecule has 1 aliphatic heterocycles. The van der Waals surface area contributed by atoms with Crippen LogP contribution in [0.1, 0.15) is 6.42 Å². The van der Waals surface area contributed by atoms with Crippen molar-refractivity contribution in [1.82, 2.24) is 4.98 Å². The second-order valence-electron chi connectivity index (χ2n) is 6.47. The lowest BCUT2D eigenvalue weighted by molar-refractivity contribution is -0.124. The highest BCUT2D eigenvalue weighted by Crippen LogP contribution is 2.32. The fourth-order valence-electron chi connectivity index (χ4n) is 3.27. The van der Waals surface area contributed by atoms with Gasteiger partial charge < -0.3 is 4.90 Å². The molecule has 1 fully saturated rings. The Morgan fingerprint density at radius 1 is 1.26 bits per heavy atom. The topological polar surface area (TPSA) is 53.5 Å². The van der Waals surface area contributed by atoms with Crippen LogP contribution in [0.15, 0.2) is 53.4 Å². The summed E-state index contributed by atoms with van der Waals surface area (Å²) in [5.74, 6) is -0.428. The van der Waals surface area contributed by atoms with Gasteiger partial charge in [0.15, 0.2) is 5.13 Å². The minimum atomic E-state index is -0.354. The van der Waals surface area contributed by atoms with E-state index >= 15 is 0 Å². The number of carbonyl (C=O) groups excluding carboxylic acids is 2. The molecule has 0 saturated carbocycles. The molecule has 0 bridgehead atoms. The van der Waals surface area contributed by atoms with E-state index in [1.165, 1.54) is 11.3 Å². The Balaban J connectivity index is 1.53. The number of thioether (sulfide) groups is 1. The number of rotatable bonds is 4. The summed E-state index contributed by atoms with van der Waals surface area (Å²) in [7, 11) is 1.74. The number of aromatic nitrogens is 1. The van der Waals surface area contributed by atoms with Crippen molar-refractivity contribution in [3.8, 4) is 0 Å². The summed E-state index contributed by atoms with van der Waals surface area (Å²) in [4.78, 5) is 34.5. The van der Waals surface area contributed by atoms with Crippen LogP contribution in [0.3, 0.4) is 0 Å². The lowest BCUT2D eigenvalue weighted by atomic mass is 10.1. The first-order valence-electron chi connectivity index (χ1n) is 8.64. The van der Waals surface area contributed by atoms with Crippen molar-refractivity contribution in [1.29, 1.82) is 0 Å². The Kier molecular flexibility index (Phi) is 4.88. The quantitative estimate of drug-likeness (QED) is 0.624. The van der Waals surface area contributed by atoms with E-state index in [9.17, 15) is 9.59 Å². The monoisotopic (exact) mass is 397 g/mol. The Morgan fingerprint density at radius 3 is 2.85 bits per heavy atom. The molecule has 1 atom stereocenters. The number of para-hydroxylation sites is 1. The molecule has 138 valence electrons. The largest absolute Gasteiger partial charge is 0.312 e. The molecular formula is C20H19N3O2S2. The van der Waals surface area contributed by atoms with Gasteiger partial charge in [-0.3, -0.25) is 14.5 Å². The molecule has 0 radical (unpaired) electrons. The Morgan fingerprint density at radius 2 is 2.07 bits per heavy atom. The molecule has 27 heavy (non-hydrogen) atoms. The van der Waals surface area contributed by atoms with Crippen LogP contribution in [0.5, 0.6) is 0 Å². The maximum absolute atomic E-state index is 13.0. The molecule has 7 heteroatoms. The van der Waals surface area contributed by atoms with E-state index in [4.69, 9.17) is 0 Å². The molecule has 0 spiro atoms. The summed E-state index contributed by atoms with van der Waals surface area (Å²) in [5, 5.41) is 0.663. The van der Waals surface area contributed by atoms with Crippen LogP contribution in [-0.2, 0) is 9.59 Å². The molecule has 0 aliphatic carbocycles. The van der Waals surface area contributed by atoms with E-state index in [0.717, 1.165) is 20.8 Å². The van der Waals surface area contributed by atoms with Crippen molar-refractivity contribution in [2.75, 3.05) is 29.6 Å². The average molecular weight is 398 g/mol. The first-order valence-corrected chi connectivity index (χ1v) is 10.7. The van der Waals surface area contributed by atoms with Crippen molar-refractivity contribution in [3.05, 3.63) is 48.5 Å². The summed E-state index contributed by atoms with van der Waals surface area (Å²) in [6.45, 7) is 0.407. The molecular weight excluding hydrogens is 378 g/mol. The minimum Gasteiger partial charge on any atom is -0.312 e. The van der Waals surface area contributed by atoms with Crippen molar-refractivity contribution < 1.29 is 9.59 Å². The summed E-state index contributed by atoms with van der Waals surface area (Å²) < 4.78 is 1.05. The fraction of sp³-hybridized carbons (Fsp3) is 0.250. The molecule has 0 N–H and O–H groups in total.